The molecule has 0 spiro atoms. The minimum absolute atomic E-state index is 0.373. The van der Waals surface area contributed by atoms with Gasteiger partial charge < -0.3 is 5.32 Å². The predicted octanol–water partition coefficient (Wildman–Crippen LogP) is 4.02. The van der Waals surface area contributed by atoms with Crippen LogP contribution in [-0.4, -0.2) is 20.2 Å². The highest BCUT2D eigenvalue weighted by atomic mass is 15.6. The van der Waals surface area contributed by atoms with Crippen LogP contribution >= 0.6 is 0 Å². The molecule has 5 nitrogen and oxygen atoms in total. The van der Waals surface area contributed by atoms with Gasteiger partial charge in [-0.2, -0.15) is 4.68 Å². The van der Waals surface area contributed by atoms with Crippen LogP contribution in [0.15, 0.2) is 48.5 Å². The van der Waals surface area contributed by atoms with E-state index in [9.17, 15) is 0 Å². The van der Waals surface area contributed by atoms with E-state index in [1.165, 1.54) is 11.1 Å². The van der Waals surface area contributed by atoms with E-state index in [4.69, 9.17) is 0 Å². The van der Waals surface area contributed by atoms with Gasteiger partial charge in [0.25, 0.3) is 0 Å². The van der Waals surface area contributed by atoms with E-state index in [2.05, 4.69) is 84.9 Å². The van der Waals surface area contributed by atoms with Crippen LogP contribution in [0.5, 0.6) is 0 Å². The number of nitrogens with one attached hydrogen (secondary N) is 1. The van der Waals surface area contributed by atoms with Crippen molar-refractivity contribution in [3.8, 4) is 5.69 Å². The van der Waals surface area contributed by atoms with Crippen molar-refractivity contribution < 1.29 is 0 Å². The molecule has 1 atom stereocenters. The zero-order valence-electron chi connectivity index (χ0n) is 14.6. The first-order valence-electron chi connectivity index (χ1n) is 8.22. The maximum atomic E-state index is 4.32. The van der Waals surface area contributed by atoms with Crippen molar-refractivity contribution in [1.82, 2.24) is 20.2 Å². The lowest BCUT2D eigenvalue weighted by atomic mass is 9.96. The molecule has 0 saturated heterocycles. The van der Waals surface area contributed by atoms with E-state index >= 15 is 0 Å². The summed E-state index contributed by atoms with van der Waals surface area (Å²) < 4.78 is 1.82. The summed E-state index contributed by atoms with van der Waals surface area (Å²) in [6.07, 6.45) is 0.854. The van der Waals surface area contributed by atoms with Gasteiger partial charge in [0.05, 0.1) is 11.2 Å². The molecule has 0 aliphatic rings. The van der Waals surface area contributed by atoms with Crippen LogP contribution in [0, 0.1) is 13.8 Å². The summed E-state index contributed by atoms with van der Waals surface area (Å²) in [6.45, 7) is 8.42. The highest BCUT2D eigenvalue weighted by Crippen LogP contribution is 2.29. The van der Waals surface area contributed by atoms with Crippen LogP contribution in [0.2, 0.25) is 0 Å². The Morgan fingerprint density at radius 1 is 1.04 bits per heavy atom. The molecule has 0 aliphatic heterocycles. The topological polar surface area (TPSA) is 55.6 Å². The molecular formula is C19H23N5. The molecule has 1 N–H and O–H groups in total. The largest absolute Gasteiger partial charge is 0.373 e. The van der Waals surface area contributed by atoms with Crippen molar-refractivity contribution in [1.29, 1.82) is 0 Å². The summed E-state index contributed by atoms with van der Waals surface area (Å²) in [4.78, 5) is 0. The smallest absolute Gasteiger partial charge is 0.181 e. The lowest BCUT2D eigenvalue weighted by Crippen LogP contribution is -2.34. The molecule has 24 heavy (non-hydrogen) atoms. The van der Waals surface area contributed by atoms with Crippen molar-refractivity contribution >= 4 is 5.69 Å². The van der Waals surface area contributed by atoms with Gasteiger partial charge in [-0.1, -0.05) is 36.8 Å². The van der Waals surface area contributed by atoms with Crippen LogP contribution in [0.3, 0.4) is 0 Å². The van der Waals surface area contributed by atoms with Gasteiger partial charge in [0.15, 0.2) is 5.82 Å². The Labute approximate surface area is 142 Å². The Morgan fingerprint density at radius 3 is 2.46 bits per heavy atom. The number of rotatable bonds is 5. The second-order valence-corrected chi connectivity index (χ2v) is 6.43. The number of nitrogens with zero attached hydrogens (tertiary/aromatic N) is 4. The lowest BCUT2D eigenvalue weighted by molar-refractivity contribution is 0.474. The van der Waals surface area contributed by atoms with Crippen LogP contribution < -0.4 is 5.32 Å². The van der Waals surface area contributed by atoms with Gasteiger partial charge in [0.2, 0.25) is 0 Å². The van der Waals surface area contributed by atoms with Crippen molar-refractivity contribution in [3.05, 3.63) is 65.5 Å². The van der Waals surface area contributed by atoms with Crippen molar-refractivity contribution in [2.45, 2.75) is 39.7 Å². The molecule has 1 unspecified atom stereocenters. The van der Waals surface area contributed by atoms with Crippen LogP contribution in [-0.2, 0) is 5.54 Å². The molecule has 3 rings (SSSR count). The average Bonchev–Trinajstić information content (AvgIpc) is 3.07. The molecule has 0 aliphatic carbocycles. The maximum absolute atomic E-state index is 4.32. The van der Waals surface area contributed by atoms with E-state index in [0.717, 1.165) is 23.6 Å². The summed E-state index contributed by atoms with van der Waals surface area (Å²) in [5.41, 5.74) is 4.08. The minimum atomic E-state index is -0.373. The molecule has 0 saturated carbocycles. The summed E-state index contributed by atoms with van der Waals surface area (Å²) in [5.74, 6) is 0.802. The quantitative estimate of drug-likeness (QED) is 0.771. The van der Waals surface area contributed by atoms with Crippen molar-refractivity contribution in [3.63, 3.8) is 0 Å². The third-order valence-electron chi connectivity index (χ3n) is 4.39. The number of aryl methyl sites for hydroxylation is 2. The highest BCUT2D eigenvalue weighted by molar-refractivity contribution is 5.48. The molecule has 0 fully saturated rings. The fourth-order valence-corrected chi connectivity index (χ4v) is 2.72. The highest BCUT2D eigenvalue weighted by Gasteiger charge is 2.31. The summed E-state index contributed by atoms with van der Waals surface area (Å²) >= 11 is 0. The van der Waals surface area contributed by atoms with E-state index in [0.29, 0.717) is 0 Å². The summed E-state index contributed by atoms with van der Waals surface area (Å²) in [6, 6.07) is 16.6. The summed E-state index contributed by atoms with van der Waals surface area (Å²) in [7, 11) is 0. The second-order valence-electron chi connectivity index (χ2n) is 6.43. The zero-order chi connectivity index (χ0) is 17.2. The molecule has 0 amide bonds. The Hall–Kier alpha value is -2.69. The monoisotopic (exact) mass is 321 g/mol. The van der Waals surface area contributed by atoms with Gasteiger partial charge in [-0.15, -0.1) is 5.10 Å². The minimum Gasteiger partial charge on any atom is -0.373 e. The van der Waals surface area contributed by atoms with Crippen LogP contribution in [0.25, 0.3) is 5.69 Å². The lowest BCUT2D eigenvalue weighted by Gasteiger charge is -2.29. The summed E-state index contributed by atoms with van der Waals surface area (Å²) in [5, 5.41) is 16.0. The number of anilines is 1. The average molecular weight is 321 g/mol. The first-order valence-corrected chi connectivity index (χ1v) is 8.22. The normalized spacial score (nSPS) is 13.5. The molecule has 1 heterocycles. The molecule has 0 radical (unpaired) electrons. The number of aromatic nitrogens is 4. The molecule has 0 bridgehead atoms. The van der Waals surface area contributed by atoms with Gasteiger partial charge in [0, 0.05) is 5.69 Å². The van der Waals surface area contributed by atoms with Crippen LogP contribution in [0.4, 0.5) is 5.69 Å². The zero-order valence-corrected chi connectivity index (χ0v) is 14.6. The number of hydrogen-bond acceptors (Lipinski definition) is 4. The Morgan fingerprint density at radius 2 is 1.79 bits per heavy atom. The van der Waals surface area contributed by atoms with Crippen molar-refractivity contribution in [2.75, 3.05) is 5.32 Å². The van der Waals surface area contributed by atoms with E-state index in [1.54, 1.807) is 0 Å². The molecule has 124 valence electrons. The van der Waals surface area contributed by atoms with Gasteiger partial charge >= 0.3 is 0 Å². The first-order chi connectivity index (χ1) is 11.5. The molecular weight excluding hydrogens is 298 g/mol. The SMILES string of the molecule is CCC(C)(Nc1ccc(C)cc1)c1nnnn1-c1cccc(C)c1. The van der Waals surface area contributed by atoms with Gasteiger partial charge in [-0.05, 0) is 67.4 Å². The van der Waals surface area contributed by atoms with Gasteiger partial charge in [-0.3, -0.25) is 0 Å². The van der Waals surface area contributed by atoms with E-state index in [-0.39, 0.29) is 5.54 Å². The number of tetrazole rings is 1. The molecule has 5 heteroatoms. The van der Waals surface area contributed by atoms with Crippen LogP contribution in [0.1, 0.15) is 37.2 Å². The van der Waals surface area contributed by atoms with Gasteiger partial charge in [0.1, 0.15) is 0 Å². The number of benzene rings is 2. The number of hydrogen-bond donors (Lipinski definition) is 1. The first kappa shape index (κ1) is 16.2. The fraction of sp³-hybridized carbons (Fsp3) is 0.316. The third-order valence-corrected chi connectivity index (χ3v) is 4.39. The standard InChI is InChI=1S/C19H23N5/c1-5-19(4,20-16-11-9-14(2)10-12-16)18-21-22-23-24(18)17-8-6-7-15(3)13-17/h6-13,20H,5H2,1-4H3. The second kappa shape index (κ2) is 6.43. The Balaban J connectivity index is 1.99. The predicted molar refractivity (Wildman–Crippen MR) is 96.3 cm³/mol. The Bertz CT molecular complexity index is 822. The fourth-order valence-electron chi connectivity index (χ4n) is 2.72. The molecule has 2 aromatic carbocycles. The Kier molecular flexibility index (Phi) is 4.34. The van der Waals surface area contributed by atoms with E-state index < -0.39 is 0 Å². The van der Waals surface area contributed by atoms with Gasteiger partial charge in [-0.25, -0.2) is 0 Å². The molecule has 3 aromatic rings. The van der Waals surface area contributed by atoms with Crippen molar-refractivity contribution in [2.24, 2.45) is 0 Å². The van der Waals surface area contributed by atoms with E-state index in [1.807, 2.05) is 16.8 Å². The third kappa shape index (κ3) is 3.15. The maximum Gasteiger partial charge on any atom is 0.181 e. The molecule has 1 aromatic heterocycles.